The van der Waals surface area contributed by atoms with Crippen molar-refractivity contribution in [2.24, 2.45) is 5.92 Å². The average molecular weight is 467 g/mol. The molecule has 2 aromatic carbocycles. The molecule has 0 atom stereocenters. The Morgan fingerprint density at radius 2 is 1.88 bits per heavy atom. The van der Waals surface area contributed by atoms with Crippen molar-refractivity contribution < 1.29 is 13.2 Å². The molecule has 3 aromatic rings. The third kappa shape index (κ3) is 3.80. The van der Waals surface area contributed by atoms with Crippen molar-refractivity contribution in [1.29, 1.82) is 0 Å². The Hall–Kier alpha value is -2.87. The summed E-state index contributed by atoms with van der Waals surface area (Å²) in [7, 11) is -3.84. The number of nitrogens with zero attached hydrogens (tertiary/aromatic N) is 4. The van der Waals surface area contributed by atoms with Gasteiger partial charge in [0.1, 0.15) is 10.7 Å². The van der Waals surface area contributed by atoms with E-state index in [0.717, 1.165) is 40.5 Å². The van der Waals surface area contributed by atoms with Crippen LogP contribution in [0.5, 0.6) is 0 Å². The summed E-state index contributed by atoms with van der Waals surface area (Å²) in [4.78, 5) is 20.2. The summed E-state index contributed by atoms with van der Waals surface area (Å²) in [6.07, 6.45) is 3.35. The van der Waals surface area contributed by atoms with Crippen LogP contribution in [0.1, 0.15) is 51.4 Å². The molecule has 1 aliphatic heterocycles. The van der Waals surface area contributed by atoms with Gasteiger partial charge < -0.3 is 4.57 Å². The molecule has 1 aliphatic carbocycles. The van der Waals surface area contributed by atoms with Crippen LogP contribution in [0.15, 0.2) is 47.4 Å². The van der Waals surface area contributed by atoms with Crippen LogP contribution < -0.4 is 4.90 Å². The Balaban J connectivity index is 1.61. The Bertz CT molecular complexity index is 1320. The maximum Gasteiger partial charge on any atom is 0.339 e. The lowest BCUT2D eigenvalue weighted by Gasteiger charge is -2.36. The van der Waals surface area contributed by atoms with Crippen molar-refractivity contribution in [3.63, 3.8) is 0 Å². The SMILES string of the molecule is CCc1ccc2c(c1)nc(CN1C(=O)N(C3CC3)S(=O)(=O)c3ccccc31)n2CCC(C)C. The summed E-state index contributed by atoms with van der Waals surface area (Å²) < 4.78 is 29.7. The van der Waals surface area contributed by atoms with Gasteiger partial charge in [-0.15, -0.1) is 0 Å². The number of hydrogen-bond donors (Lipinski definition) is 0. The van der Waals surface area contributed by atoms with E-state index in [1.165, 1.54) is 5.56 Å². The Labute approximate surface area is 195 Å². The molecule has 1 saturated carbocycles. The van der Waals surface area contributed by atoms with Crippen LogP contribution in [-0.2, 0) is 29.5 Å². The monoisotopic (exact) mass is 466 g/mol. The highest BCUT2D eigenvalue weighted by Gasteiger charge is 2.48. The quantitative estimate of drug-likeness (QED) is 0.494. The zero-order chi connectivity index (χ0) is 23.3. The maximum absolute atomic E-state index is 13.5. The van der Waals surface area contributed by atoms with Gasteiger partial charge in [-0.1, -0.05) is 39.0 Å². The van der Waals surface area contributed by atoms with E-state index in [1.54, 1.807) is 29.2 Å². The van der Waals surface area contributed by atoms with E-state index in [2.05, 4.69) is 43.5 Å². The lowest BCUT2D eigenvalue weighted by Crippen LogP contribution is -2.51. The molecule has 2 aliphatic rings. The minimum Gasteiger partial charge on any atom is -0.326 e. The standard InChI is InChI=1S/C25H30N4O3S/c1-4-18-9-12-21-20(15-18)26-24(27(21)14-13-17(2)3)16-28-22-7-5-6-8-23(22)33(31,32)29(25(28)30)19-10-11-19/h5-9,12,15,17,19H,4,10-11,13-14,16H2,1-3H3. The van der Waals surface area contributed by atoms with Crippen LogP contribution in [0, 0.1) is 5.92 Å². The van der Waals surface area contributed by atoms with Gasteiger partial charge in [-0.05, 0) is 61.4 Å². The fourth-order valence-electron chi connectivity index (χ4n) is 4.49. The first-order valence-corrected chi connectivity index (χ1v) is 13.2. The number of sulfonamides is 1. The van der Waals surface area contributed by atoms with Gasteiger partial charge in [0.05, 0.1) is 29.3 Å². The molecule has 33 heavy (non-hydrogen) atoms. The van der Waals surface area contributed by atoms with Crippen molar-refractivity contribution in [2.75, 3.05) is 4.90 Å². The second-order valence-corrected chi connectivity index (χ2v) is 11.2. The summed E-state index contributed by atoms with van der Waals surface area (Å²) in [5.74, 6) is 1.30. The van der Waals surface area contributed by atoms with E-state index in [1.807, 2.05) is 0 Å². The molecule has 0 unspecified atom stereocenters. The number of aryl methyl sites for hydroxylation is 2. The van der Waals surface area contributed by atoms with Crippen LogP contribution in [-0.4, -0.2) is 34.3 Å². The number of carbonyl (C=O) groups is 1. The van der Waals surface area contributed by atoms with Gasteiger partial charge in [-0.2, -0.15) is 0 Å². The molecule has 1 fully saturated rings. The number of hydrogen-bond acceptors (Lipinski definition) is 4. The predicted molar refractivity (Wildman–Crippen MR) is 129 cm³/mol. The number of urea groups is 1. The van der Waals surface area contributed by atoms with Crippen molar-refractivity contribution >= 4 is 32.8 Å². The van der Waals surface area contributed by atoms with Crippen molar-refractivity contribution in [3.8, 4) is 0 Å². The number of fused-ring (bicyclic) bond motifs is 2. The second kappa shape index (κ2) is 8.17. The van der Waals surface area contributed by atoms with E-state index in [-0.39, 0.29) is 17.5 Å². The molecule has 0 N–H and O–H groups in total. The fraction of sp³-hybridized carbons (Fsp3) is 0.440. The van der Waals surface area contributed by atoms with Gasteiger partial charge in [0.25, 0.3) is 10.0 Å². The van der Waals surface area contributed by atoms with E-state index < -0.39 is 16.1 Å². The molecule has 1 aromatic heterocycles. The number of carbonyl (C=O) groups excluding carboxylic acids is 1. The number of aromatic nitrogens is 2. The summed E-state index contributed by atoms with van der Waals surface area (Å²) >= 11 is 0. The molecule has 5 rings (SSSR count). The smallest absolute Gasteiger partial charge is 0.326 e. The summed E-state index contributed by atoms with van der Waals surface area (Å²) in [6, 6.07) is 12.4. The largest absolute Gasteiger partial charge is 0.339 e. The summed E-state index contributed by atoms with van der Waals surface area (Å²) in [5, 5.41) is 0. The van der Waals surface area contributed by atoms with Crippen LogP contribution in [0.2, 0.25) is 0 Å². The summed E-state index contributed by atoms with van der Waals surface area (Å²) in [5.41, 5.74) is 3.61. The van der Waals surface area contributed by atoms with Gasteiger partial charge in [-0.25, -0.2) is 22.5 Å². The number of para-hydroxylation sites is 1. The lowest BCUT2D eigenvalue weighted by atomic mass is 10.1. The molecule has 174 valence electrons. The number of imidazole rings is 1. The fourth-order valence-corrected chi connectivity index (χ4v) is 6.30. The normalized spacial score (nSPS) is 17.8. The van der Waals surface area contributed by atoms with E-state index in [9.17, 15) is 13.2 Å². The maximum atomic E-state index is 13.5. The zero-order valence-corrected chi connectivity index (χ0v) is 20.2. The minimum atomic E-state index is -3.84. The minimum absolute atomic E-state index is 0.189. The average Bonchev–Trinajstić information content (AvgIpc) is 3.55. The molecule has 2 amide bonds. The van der Waals surface area contributed by atoms with Gasteiger partial charge >= 0.3 is 6.03 Å². The Morgan fingerprint density at radius 1 is 1.12 bits per heavy atom. The number of rotatable bonds is 7. The van der Waals surface area contributed by atoms with Gasteiger partial charge in [0, 0.05) is 6.54 Å². The third-order valence-electron chi connectivity index (χ3n) is 6.52. The molecule has 0 saturated heterocycles. The molecular weight excluding hydrogens is 436 g/mol. The molecule has 0 spiro atoms. The van der Waals surface area contributed by atoms with Crippen LogP contribution in [0.25, 0.3) is 11.0 Å². The Morgan fingerprint density at radius 3 is 2.58 bits per heavy atom. The lowest BCUT2D eigenvalue weighted by molar-refractivity contribution is 0.225. The van der Waals surface area contributed by atoms with E-state index in [0.29, 0.717) is 24.4 Å². The zero-order valence-electron chi connectivity index (χ0n) is 19.4. The highest BCUT2D eigenvalue weighted by molar-refractivity contribution is 7.90. The first-order valence-electron chi connectivity index (χ1n) is 11.7. The van der Waals surface area contributed by atoms with Gasteiger partial charge in [0.2, 0.25) is 0 Å². The van der Waals surface area contributed by atoms with Gasteiger partial charge in [-0.3, -0.25) is 4.90 Å². The van der Waals surface area contributed by atoms with E-state index >= 15 is 0 Å². The Kier molecular flexibility index (Phi) is 5.43. The van der Waals surface area contributed by atoms with Crippen molar-refractivity contribution in [1.82, 2.24) is 13.9 Å². The van der Waals surface area contributed by atoms with Crippen LogP contribution in [0.4, 0.5) is 10.5 Å². The second-order valence-electron chi connectivity index (χ2n) is 9.41. The number of anilines is 1. The molecular formula is C25H30N4O3S. The first kappa shape index (κ1) is 21.9. The van der Waals surface area contributed by atoms with Crippen molar-refractivity contribution in [2.45, 2.75) is 70.5 Å². The van der Waals surface area contributed by atoms with Crippen LogP contribution >= 0.6 is 0 Å². The molecule has 0 bridgehead atoms. The molecule has 2 heterocycles. The third-order valence-corrected chi connectivity index (χ3v) is 8.39. The van der Waals surface area contributed by atoms with E-state index in [4.69, 9.17) is 4.98 Å². The topological polar surface area (TPSA) is 75.5 Å². The first-order chi connectivity index (χ1) is 15.8. The molecule has 0 radical (unpaired) electrons. The summed E-state index contributed by atoms with van der Waals surface area (Å²) in [6.45, 7) is 7.52. The number of amides is 2. The highest BCUT2D eigenvalue weighted by Crippen LogP contribution is 2.41. The van der Waals surface area contributed by atoms with Crippen molar-refractivity contribution in [3.05, 3.63) is 53.9 Å². The van der Waals surface area contributed by atoms with Gasteiger partial charge in [0.15, 0.2) is 0 Å². The predicted octanol–water partition coefficient (Wildman–Crippen LogP) is 4.94. The molecule has 8 heteroatoms. The van der Waals surface area contributed by atoms with Crippen LogP contribution in [0.3, 0.4) is 0 Å². The number of benzene rings is 2. The molecule has 7 nitrogen and oxygen atoms in total. The highest BCUT2D eigenvalue weighted by atomic mass is 32.2.